The van der Waals surface area contributed by atoms with Crippen molar-refractivity contribution in [3.8, 4) is 0 Å². The van der Waals surface area contributed by atoms with Gasteiger partial charge in [-0.2, -0.15) is 0 Å². The second-order valence-corrected chi connectivity index (χ2v) is 4.29. The van der Waals surface area contributed by atoms with Crippen LogP contribution in [0, 0.1) is 0 Å². The third kappa shape index (κ3) is 1.76. The molecule has 19 heavy (non-hydrogen) atoms. The predicted octanol–water partition coefficient (Wildman–Crippen LogP) is -0.531. The van der Waals surface area contributed by atoms with E-state index in [1.807, 2.05) is 0 Å². The Kier molecular flexibility index (Phi) is 3.01. The summed E-state index contributed by atoms with van der Waals surface area (Å²) in [4.78, 5) is 39.0. The molecule has 1 unspecified atom stereocenters. The molecule has 8 heteroatoms. The fourth-order valence-corrected chi connectivity index (χ4v) is 2.09. The number of nitrogens with zero attached hydrogens (tertiary/aromatic N) is 4. The predicted molar refractivity (Wildman–Crippen MR) is 67.2 cm³/mol. The van der Waals surface area contributed by atoms with Gasteiger partial charge in [0, 0.05) is 14.1 Å². The maximum atomic E-state index is 12.1. The van der Waals surface area contributed by atoms with Gasteiger partial charge in [-0.15, -0.1) is 0 Å². The number of carboxylic acids is 1. The van der Waals surface area contributed by atoms with Crippen molar-refractivity contribution in [2.75, 3.05) is 0 Å². The van der Waals surface area contributed by atoms with Crippen LogP contribution >= 0.6 is 0 Å². The molecule has 0 radical (unpaired) electrons. The van der Waals surface area contributed by atoms with E-state index in [4.69, 9.17) is 5.11 Å². The Morgan fingerprint density at radius 3 is 2.53 bits per heavy atom. The van der Waals surface area contributed by atoms with Gasteiger partial charge in [-0.3, -0.25) is 13.9 Å². The molecule has 0 saturated heterocycles. The van der Waals surface area contributed by atoms with Gasteiger partial charge in [-0.25, -0.2) is 14.6 Å². The zero-order chi connectivity index (χ0) is 14.3. The van der Waals surface area contributed by atoms with E-state index in [1.54, 1.807) is 6.92 Å². The quantitative estimate of drug-likeness (QED) is 0.805. The van der Waals surface area contributed by atoms with Crippen LogP contribution in [-0.2, 0) is 18.9 Å². The Balaban J connectivity index is 2.91. The van der Waals surface area contributed by atoms with Gasteiger partial charge in [0.1, 0.15) is 6.04 Å². The highest BCUT2D eigenvalue weighted by Crippen LogP contribution is 2.16. The van der Waals surface area contributed by atoms with Crippen molar-refractivity contribution in [3.05, 3.63) is 27.2 Å². The van der Waals surface area contributed by atoms with Gasteiger partial charge in [0.05, 0.1) is 6.33 Å². The lowest BCUT2D eigenvalue weighted by Crippen LogP contribution is -2.38. The number of rotatable bonds is 3. The van der Waals surface area contributed by atoms with E-state index >= 15 is 0 Å². The van der Waals surface area contributed by atoms with Gasteiger partial charge in [-0.05, 0) is 6.42 Å². The fraction of sp³-hybridized carbons (Fsp3) is 0.455. The zero-order valence-electron chi connectivity index (χ0n) is 10.8. The molecule has 1 N–H and O–H groups in total. The van der Waals surface area contributed by atoms with Crippen molar-refractivity contribution < 1.29 is 9.90 Å². The SMILES string of the molecule is CCC(C(=O)O)n1cnc2c1c(=O)n(C)c(=O)n2C. The van der Waals surface area contributed by atoms with Crippen LogP contribution in [0.4, 0.5) is 0 Å². The molecule has 2 aromatic rings. The van der Waals surface area contributed by atoms with Gasteiger partial charge >= 0.3 is 11.7 Å². The Hall–Kier alpha value is -2.38. The number of hydrogen-bond donors (Lipinski definition) is 1. The Morgan fingerprint density at radius 2 is 2.00 bits per heavy atom. The van der Waals surface area contributed by atoms with E-state index in [9.17, 15) is 14.4 Å². The lowest BCUT2D eigenvalue weighted by molar-refractivity contribution is -0.140. The summed E-state index contributed by atoms with van der Waals surface area (Å²) in [7, 11) is 2.84. The van der Waals surface area contributed by atoms with E-state index in [2.05, 4.69) is 4.98 Å². The normalized spacial score (nSPS) is 12.8. The minimum atomic E-state index is -1.04. The average molecular weight is 266 g/mol. The van der Waals surface area contributed by atoms with Crippen molar-refractivity contribution in [3.63, 3.8) is 0 Å². The standard InChI is InChI=1S/C11H14N4O4/c1-4-6(10(17)18)15-5-12-8-7(15)9(16)14(3)11(19)13(8)2/h5-6H,4H2,1-3H3,(H,17,18). The van der Waals surface area contributed by atoms with Crippen molar-refractivity contribution in [2.45, 2.75) is 19.4 Å². The number of carbonyl (C=O) groups is 1. The summed E-state index contributed by atoms with van der Waals surface area (Å²) >= 11 is 0. The third-order valence-electron chi connectivity index (χ3n) is 3.18. The number of aliphatic carboxylic acids is 1. The molecular weight excluding hydrogens is 252 g/mol. The first-order valence-corrected chi connectivity index (χ1v) is 5.75. The van der Waals surface area contributed by atoms with Gasteiger partial charge in [0.2, 0.25) is 0 Å². The number of aryl methyl sites for hydroxylation is 1. The molecule has 2 aromatic heterocycles. The molecule has 2 heterocycles. The molecule has 102 valence electrons. The highest BCUT2D eigenvalue weighted by Gasteiger charge is 2.23. The van der Waals surface area contributed by atoms with Crippen LogP contribution in [0.1, 0.15) is 19.4 Å². The van der Waals surface area contributed by atoms with E-state index < -0.39 is 23.3 Å². The number of imidazole rings is 1. The highest BCUT2D eigenvalue weighted by molar-refractivity contribution is 5.77. The Morgan fingerprint density at radius 1 is 1.37 bits per heavy atom. The van der Waals surface area contributed by atoms with Gasteiger partial charge in [0.25, 0.3) is 5.56 Å². The minimum absolute atomic E-state index is 0.124. The molecule has 8 nitrogen and oxygen atoms in total. The molecule has 2 rings (SSSR count). The third-order valence-corrected chi connectivity index (χ3v) is 3.18. The van der Waals surface area contributed by atoms with Crippen LogP contribution < -0.4 is 11.2 Å². The first-order valence-electron chi connectivity index (χ1n) is 5.75. The molecular formula is C11H14N4O4. The minimum Gasteiger partial charge on any atom is -0.480 e. The summed E-state index contributed by atoms with van der Waals surface area (Å²) in [5, 5.41) is 9.16. The number of aromatic nitrogens is 4. The second kappa shape index (κ2) is 4.38. The largest absolute Gasteiger partial charge is 0.480 e. The lowest BCUT2D eigenvalue weighted by Gasteiger charge is -2.12. The second-order valence-electron chi connectivity index (χ2n) is 4.29. The van der Waals surface area contributed by atoms with Crippen LogP contribution in [0.2, 0.25) is 0 Å². The Bertz CT molecular complexity index is 767. The summed E-state index contributed by atoms with van der Waals surface area (Å²) in [5.74, 6) is -1.04. The van der Waals surface area contributed by atoms with Crippen LogP contribution in [0.25, 0.3) is 11.2 Å². The van der Waals surface area contributed by atoms with Crippen molar-refractivity contribution >= 4 is 17.1 Å². The summed E-state index contributed by atoms with van der Waals surface area (Å²) in [5.41, 5.74) is -0.729. The molecule has 0 saturated carbocycles. The molecule has 0 aliphatic heterocycles. The van der Waals surface area contributed by atoms with E-state index in [0.717, 1.165) is 4.57 Å². The average Bonchev–Trinajstić information content (AvgIpc) is 2.79. The topological polar surface area (TPSA) is 99.1 Å². The van der Waals surface area contributed by atoms with Crippen molar-refractivity contribution in [2.24, 2.45) is 14.1 Å². The first-order chi connectivity index (χ1) is 8.90. The number of fused-ring (bicyclic) bond motifs is 1. The van der Waals surface area contributed by atoms with Gasteiger partial charge < -0.3 is 9.67 Å². The molecule has 0 amide bonds. The molecule has 0 bridgehead atoms. The fourth-order valence-electron chi connectivity index (χ4n) is 2.09. The summed E-state index contributed by atoms with van der Waals surface area (Å²) < 4.78 is 3.47. The summed E-state index contributed by atoms with van der Waals surface area (Å²) in [6.45, 7) is 1.71. The molecule has 0 aliphatic carbocycles. The van der Waals surface area contributed by atoms with Crippen LogP contribution in [0.3, 0.4) is 0 Å². The smallest absolute Gasteiger partial charge is 0.332 e. The van der Waals surface area contributed by atoms with E-state index in [1.165, 1.54) is 29.6 Å². The molecule has 0 aromatic carbocycles. The molecule has 0 aliphatic rings. The first kappa shape index (κ1) is 13.1. The summed E-state index contributed by atoms with van der Waals surface area (Å²) in [6.07, 6.45) is 1.60. The maximum Gasteiger partial charge on any atom is 0.332 e. The molecule has 0 fully saturated rings. The van der Waals surface area contributed by atoms with Crippen molar-refractivity contribution in [1.29, 1.82) is 0 Å². The lowest BCUT2D eigenvalue weighted by atomic mass is 10.2. The van der Waals surface area contributed by atoms with E-state index in [-0.39, 0.29) is 11.2 Å². The van der Waals surface area contributed by atoms with Crippen LogP contribution in [0.15, 0.2) is 15.9 Å². The van der Waals surface area contributed by atoms with Gasteiger partial charge in [-0.1, -0.05) is 6.92 Å². The van der Waals surface area contributed by atoms with Crippen molar-refractivity contribution in [1.82, 2.24) is 18.7 Å². The number of hydrogen-bond acceptors (Lipinski definition) is 4. The van der Waals surface area contributed by atoms with Gasteiger partial charge in [0.15, 0.2) is 11.2 Å². The van der Waals surface area contributed by atoms with E-state index in [0.29, 0.717) is 6.42 Å². The highest BCUT2D eigenvalue weighted by atomic mass is 16.4. The molecule has 1 atom stereocenters. The summed E-state index contributed by atoms with van der Waals surface area (Å²) in [6, 6.07) is -0.879. The van der Waals surface area contributed by atoms with Crippen LogP contribution in [0.5, 0.6) is 0 Å². The monoisotopic (exact) mass is 266 g/mol. The number of carboxylic acid groups (broad SMARTS) is 1. The maximum absolute atomic E-state index is 12.1. The molecule has 0 spiro atoms. The Labute approximate surface area is 107 Å². The zero-order valence-corrected chi connectivity index (χ0v) is 10.8. The van der Waals surface area contributed by atoms with Crippen LogP contribution in [-0.4, -0.2) is 29.8 Å².